The molecule has 0 aliphatic carbocycles. The van der Waals surface area contributed by atoms with Gasteiger partial charge in [0.2, 0.25) is 0 Å². The Kier molecular flexibility index (Phi) is 4.85. The molecule has 3 aromatic rings. The van der Waals surface area contributed by atoms with E-state index in [1.807, 2.05) is 54.1 Å². The lowest BCUT2D eigenvalue weighted by Crippen LogP contribution is -2.27. The number of para-hydroxylation sites is 1. The van der Waals surface area contributed by atoms with Crippen LogP contribution in [0.5, 0.6) is 0 Å². The number of aliphatic hydroxyl groups is 1. The number of benzene rings is 1. The summed E-state index contributed by atoms with van der Waals surface area (Å²) in [5.41, 5.74) is 0.970. The van der Waals surface area contributed by atoms with Crippen molar-refractivity contribution >= 4 is 0 Å². The summed E-state index contributed by atoms with van der Waals surface area (Å²) in [6, 6.07) is 13.8. The summed E-state index contributed by atoms with van der Waals surface area (Å²) in [5.74, 6) is 2.59. The molecule has 0 aliphatic rings. The number of aliphatic hydroxyl groups excluding tert-OH is 1. The molecule has 23 heavy (non-hydrogen) atoms. The van der Waals surface area contributed by atoms with Crippen molar-refractivity contribution in [2.75, 3.05) is 13.2 Å². The predicted octanol–water partition coefficient (Wildman–Crippen LogP) is 2.16. The van der Waals surface area contributed by atoms with E-state index >= 15 is 0 Å². The zero-order valence-corrected chi connectivity index (χ0v) is 13.1. The van der Waals surface area contributed by atoms with Crippen LogP contribution in [0.4, 0.5) is 0 Å². The topological polar surface area (TPSA) is 67.3 Å². The largest absolute Gasteiger partial charge is 0.465 e. The van der Waals surface area contributed by atoms with E-state index in [9.17, 15) is 5.11 Å². The second-order valence-corrected chi connectivity index (χ2v) is 5.37. The van der Waals surface area contributed by atoms with E-state index in [0.29, 0.717) is 19.6 Å². The van der Waals surface area contributed by atoms with Crippen molar-refractivity contribution in [1.29, 1.82) is 0 Å². The minimum absolute atomic E-state index is 0.0825. The van der Waals surface area contributed by atoms with Gasteiger partial charge in [-0.05, 0) is 31.2 Å². The molecule has 2 heterocycles. The van der Waals surface area contributed by atoms with Gasteiger partial charge in [-0.15, -0.1) is 0 Å². The Balaban J connectivity index is 1.77. The molecule has 6 nitrogen and oxygen atoms in total. The van der Waals surface area contributed by atoms with Crippen LogP contribution < -0.4 is 0 Å². The van der Waals surface area contributed by atoms with Gasteiger partial charge in [0.15, 0.2) is 0 Å². The first-order valence-electron chi connectivity index (χ1n) is 7.59. The highest BCUT2D eigenvalue weighted by Crippen LogP contribution is 2.14. The van der Waals surface area contributed by atoms with Gasteiger partial charge >= 0.3 is 0 Å². The van der Waals surface area contributed by atoms with Gasteiger partial charge in [0.1, 0.15) is 23.7 Å². The lowest BCUT2D eigenvalue weighted by molar-refractivity contribution is 0.170. The number of furan rings is 1. The van der Waals surface area contributed by atoms with Crippen molar-refractivity contribution in [2.45, 2.75) is 20.0 Å². The minimum atomic E-state index is 0.0825. The Morgan fingerprint density at radius 1 is 1.13 bits per heavy atom. The number of hydrogen-bond donors (Lipinski definition) is 1. The van der Waals surface area contributed by atoms with Crippen molar-refractivity contribution in [3.05, 3.63) is 66.1 Å². The summed E-state index contributed by atoms with van der Waals surface area (Å²) in [5, 5.41) is 13.6. The van der Waals surface area contributed by atoms with E-state index in [-0.39, 0.29) is 6.61 Å². The molecule has 0 radical (unpaired) electrons. The molecule has 120 valence electrons. The first-order chi connectivity index (χ1) is 11.3. The average molecular weight is 312 g/mol. The monoisotopic (exact) mass is 312 g/mol. The highest BCUT2D eigenvalue weighted by atomic mass is 16.3. The first-order valence-corrected chi connectivity index (χ1v) is 7.59. The van der Waals surface area contributed by atoms with E-state index in [4.69, 9.17) is 4.42 Å². The Morgan fingerprint density at radius 3 is 2.65 bits per heavy atom. The van der Waals surface area contributed by atoms with Crippen LogP contribution in [0.3, 0.4) is 0 Å². The highest BCUT2D eigenvalue weighted by Gasteiger charge is 2.14. The van der Waals surface area contributed by atoms with Crippen LogP contribution in [0.2, 0.25) is 0 Å². The van der Waals surface area contributed by atoms with Gasteiger partial charge < -0.3 is 9.52 Å². The van der Waals surface area contributed by atoms with Crippen LogP contribution >= 0.6 is 0 Å². The van der Waals surface area contributed by atoms with Crippen molar-refractivity contribution in [2.24, 2.45) is 0 Å². The van der Waals surface area contributed by atoms with E-state index in [1.54, 1.807) is 6.33 Å². The molecule has 0 bridgehead atoms. The summed E-state index contributed by atoms with van der Waals surface area (Å²) in [6.45, 7) is 3.75. The van der Waals surface area contributed by atoms with Crippen LogP contribution in [0, 0.1) is 6.92 Å². The Morgan fingerprint density at radius 2 is 1.96 bits per heavy atom. The van der Waals surface area contributed by atoms with E-state index < -0.39 is 0 Å². The summed E-state index contributed by atoms with van der Waals surface area (Å²) >= 11 is 0. The summed E-state index contributed by atoms with van der Waals surface area (Å²) in [6.07, 6.45) is 1.55. The van der Waals surface area contributed by atoms with Crippen molar-refractivity contribution in [1.82, 2.24) is 19.7 Å². The SMILES string of the molecule is Cc1ccc(CN(CCO)Cc2ncnn2-c2ccccc2)o1. The van der Waals surface area contributed by atoms with E-state index in [0.717, 1.165) is 23.0 Å². The summed E-state index contributed by atoms with van der Waals surface area (Å²) in [4.78, 5) is 6.44. The zero-order chi connectivity index (χ0) is 16.1. The molecule has 0 saturated heterocycles. The number of hydrogen-bond acceptors (Lipinski definition) is 5. The average Bonchev–Trinajstić information content (AvgIpc) is 3.17. The molecule has 0 amide bonds. The third kappa shape index (κ3) is 3.85. The maximum Gasteiger partial charge on any atom is 0.146 e. The third-order valence-corrected chi connectivity index (χ3v) is 3.58. The van der Waals surface area contributed by atoms with Crippen molar-refractivity contribution < 1.29 is 9.52 Å². The Bertz CT molecular complexity index is 736. The van der Waals surface area contributed by atoms with E-state index in [2.05, 4.69) is 15.0 Å². The number of rotatable bonds is 7. The second-order valence-electron chi connectivity index (χ2n) is 5.37. The second kappa shape index (κ2) is 7.21. The predicted molar refractivity (Wildman–Crippen MR) is 86.0 cm³/mol. The van der Waals surface area contributed by atoms with Crippen molar-refractivity contribution in [3.8, 4) is 5.69 Å². The highest BCUT2D eigenvalue weighted by molar-refractivity contribution is 5.30. The quantitative estimate of drug-likeness (QED) is 0.724. The van der Waals surface area contributed by atoms with Gasteiger partial charge in [-0.25, -0.2) is 9.67 Å². The number of aromatic nitrogens is 3. The molecule has 0 saturated carbocycles. The molecule has 0 aliphatic heterocycles. The fourth-order valence-corrected chi connectivity index (χ4v) is 2.50. The number of nitrogens with zero attached hydrogens (tertiary/aromatic N) is 4. The summed E-state index contributed by atoms with van der Waals surface area (Å²) in [7, 11) is 0. The molecule has 0 atom stereocenters. The lowest BCUT2D eigenvalue weighted by Gasteiger charge is -2.19. The Labute approximate surface area is 135 Å². The van der Waals surface area contributed by atoms with Gasteiger partial charge in [0, 0.05) is 6.54 Å². The van der Waals surface area contributed by atoms with Crippen LogP contribution in [-0.2, 0) is 13.1 Å². The molecule has 6 heteroatoms. The fourth-order valence-electron chi connectivity index (χ4n) is 2.50. The smallest absolute Gasteiger partial charge is 0.146 e. The molecule has 1 N–H and O–H groups in total. The summed E-state index contributed by atoms with van der Waals surface area (Å²) < 4.78 is 7.45. The van der Waals surface area contributed by atoms with Crippen LogP contribution in [0.25, 0.3) is 5.69 Å². The van der Waals surface area contributed by atoms with Gasteiger partial charge in [-0.3, -0.25) is 4.90 Å². The maximum atomic E-state index is 9.32. The van der Waals surface area contributed by atoms with Gasteiger partial charge in [0.05, 0.1) is 25.4 Å². The maximum absolute atomic E-state index is 9.32. The zero-order valence-electron chi connectivity index (χ0n) is 13.1. The van der Waals surface area contributed by atoms with Gasteiger partial charge in [-0.1, -0.05) is 18.2 Å². The molecular weight excluding hydrogens is 292 g/mol. The van der Waals surface area contributed by atoms with Crippen LogP contribution in [-0.4, -0.2) is 37.9 Å². The van der Waals surface area contributed by atoms with E-state index in [1.165, 1.54) is 0 Å². The van der Waals surface area contributed by atoms with Crippen LogP contribution in [0.1, 0.15) is 17.3 Å². The fraction of sp³-hybridized carbons (Fsp3) is 0.294. The molecule has 0 fully saturated rings. The normalized spacial score (nSPS) is 11.3. The molecule has 0 unspecified atom stereocenters. The molecule has 1 aromatic carbocycles. The number of aryl methyl sites for hydroxylation is 1. The van der Waals surface area contributed by atoms with Crippen LogP contribution in [0.15, 0.2) is 53.2 Å². The minimum Gasteiger partial charge on any atom is -0.465 e. The first kappa shape index (κ1) is 15.5. The van der Waals surface area contributed by atoms with Gasteiger partial charge in [0.25, 0.3) is 0 Å². The lowest BCUT2D eigenvalue weighted by atomic mass is 10.3. The van der Waals surface area contributed by atoms with Crippen molar-refractivity contribution in [3.63, 3.8) is 0 Å². The molecular formula is C17H20N4O2. The third-order valence-electron chi connectivity index (χ3n) is 3.58. The van der Waals surface area contributed by atoms with Gasteiger partial charge in [-0.2, -0.15) is 5.10 Å². The standard InChI is InChI=1S/C17H20N4O2/c1-14-7-8-16(23-14)11-20(9-10-22)12-17-18-13-19-21(17)15-5-3-2-4-6-15/h2-8,13,22H,9-12H2,1H3. The molecule has 0 spiro atoms. The molecule has 2 aromatic heterocycles. The Hall–Kier alpha value is -2.44. The molecule has 3 rings (SSSR count).